The summed E-state index contributed by atoms with van der Waals surface area (Å²) in [5.74, 6) is 0.362. The van der Waals surface area contributed by atoms with Crippen molar-refractivity contribution in [2.45, 2.75) is 20.3 Å². The first-order valence-electron chi connectivity index (χ1n) is 5.45. The Kier molecular flexibility index (Phi) is 4.53. The predicted molar refractivity (Wildman–Crippen MR) is 62.9 cm³/mol. The van der Waals surface area contributed by atoms with Gasteiger partial charge < -0.3 is 5.32 Å². The number of hydrogen-bond acceptors (Lipinski definition) is 2. The summed E-state index contributed by atoms with van der Waals surface area (Å²) in [6, 6.07) is 8.74. The van der Waals surface area contributed by atoms with E-state index < -0.39 is 0 Å². The van der Waals surface area contributed by atoms with E-state index in [9.17, 15) is 4.79 Å². The molecule has 1 amide bonds. The third kappa shape index (κ3) is 3.39. The van der Waals surface area contributed by atoms with Crippen molar-refractivity contribution in [1.29, 1.82) is 5.26 Å². The summed E-state index contributed by atoms with van der Waals surface area (Å²) in [6.45, 7) is 4.85. The van der Waals surface area contributed by atoms with Gasteiger partial charge in [0.2, 0.25) is 0 Å². The second-order valence-electron chi connectivity index (χ2n) is 3.92. The molecule has 0 aliphatic carbocycles. The van der Waals surface area contributed by atoms with Crippen molar-refractivity contribution in [3.8, 4) is 6.07 Å². The maximum Gasteiger partial charge on any atom is 0.251 e. The fourth-order valence-corrected chi connectivity index (χ4v) is 1.24. The van der Waals surface area contributed by atoms with Crippen molar-refractivity contribution in [3.63, 3.8) is 0 Å². The van der Waals surface area contributed by atoms with Gasteiger partial charge in [-0.1, -0.05) is 26.3 Å². The zero-order valence-electron chi connectivity index (χ0n) is 9.66. The van der Waals surface area contributed by atoms with Crippen LogP contribution in [0.4, 0.5) is 0 Å². The summed E-state index contributed by atoms with van der Waals surface area (Å²) in [5, 5.41) is 11.6. The van der Waals surface area contributed by atoms with Crippen LogP contribution in [0.15, 0.2) is 24.3 Å². The molecule has 16 heavy (non-hydrogen) atoms. The molecule has 3 heteroatoms. The summed E-state index contributed by atoms with van der Waals surface area (Å²) in [6.07, 6.45) is 1.04. The molecule has 0 spiro atoms. The number of carbonyl (C=O) groups excluding carboxylic acids is 1. The van der Waals surface area contributed by atoms with E-state index in [0.29, 0.717) is 23.6 Å². The maximum absolute atomic E-state index is 11.7. The molecule has 0 saturated carbocycles. The Morgan fingerprint density at radius 3 is 2.94 bits per heavy atom. The lowest BCUT2D eigenvalue weighted by atomic mass is 10.1. The highest BCUT2D eigenvalue weighted by Crippen LogP contribution is 2.04. The van der Waals surface area contributed by atoms with Crippen LogP contribution in [0.25, 0.3) is 0 Å². The van der Waals surface area contributed by atoms with Crippen molar-refractivity contribution in [2.75, 3.05) is 6.54 Å². The Balaban J connectivity index is 2.63. The normalized spacial score (nSPS) is 11.6. The van der Waals surface area contributed by atoms with Gasteiger partial charge in [0, 0.05) is 12.1 Å². The fraction of sp³-hybridized carbons (Fsp3) is 0.385. The van der Waals surface area contributed by atoms with Gasteiger partial charge in [-0.2, -0.15) is 5.26 Å². The zero-order chi connectivity index (χ0) is 12.0. The Morgan fingerprint density at radius 1 is 1.56 bits per heavy atom. The summed E-state index contributed by atoms with van der Waals surface area (Å²) >= 11 is 0. The molecule has 0 bridgehead atoms. The molecule has 1 aromatic rings. The molecule has 0 saturated heterocycles. The van der Waals surface area contributed by atoms with Crippen molar-refractivity contribution in [2.24, 2.45) is 5.92 Å². The molecular formula is C13H16N2O. The van der Waals surface area contributed by atoms with Crippen LogP contribution >= 0.6 is 0 Å². The van der Waals surface area contributed by atoms with Crippen LogP contribution in [0.2, 0.25) is 0 Å². The Labute approximate surface area is 96.1 Å². The summed E-state index contributed by atoms with van der Waals surface area (Å²) in [7, 11) is 0. The highest BCUT2D eigenvalue weighted by atomic mass is 16.1. The number of nitrogens with one attached hydrogen (secondary N) is 1. The average molecular weight is 216 g/mol. The van der Waals surface area contributed by atoms with Gasteiger partial charge in [0.1, 0.15) is 0 Å². The predicted octanol–water partition coefficient (Wildman–Crippen LogP) is 2.33. The summed E-state index contributed by atoms with van der Waals surface area (Å²) in [5.41, 5.74) is 1.05. The minimum absolute atomic E-state index is 0.114. The van der Waals surface area contributed by atoms with E-state index in [0.717, 1.165) is 6.42 Å². The number of amides is 1. The van der Waals surface area contributed by atoms with Gasteiger partial charge in [-0.25, -0.2) is 0 Å². The minimum Gasteiger partial charge on any atom is -0.352 e. The largest absolute Gasteiger partial charge is 0.352 e. The number of rotatable bonds is 4. The van der Waals surface area contributed by atoms with Gasteiger partial charge in [-0.3, -0.25) is 4.79 Å². The van der Waals surface area contributed by atoms with E-state index in [-0.39, 0.29) is 5.91 Å². The smallest absolute Gasteiger partial charge is 0.251 e. The molecule has 1 rings (SSSR count). The number of nitrogens with zero attached hydrogens (tertiary/aromatic N) is 1. The molecule has 3 nitrogen and oxygen atoms in total. The Hall–Kier alpha value is -1.82. The highest BCUT2D eigenvalue weighted by molar-refractivity contribution is 5.94. The zero-order valence-corrected chi connectivity index (χ0v) is 9.66. The average Bonchev–Trinajstić information content (AvgIpc) is 2.35. The van der Waals surface area contributed by atoms with E-state index in [2.05, 4.69) is 19.2 Å². The lowest BCUT2D eigenvalue weighted by Crippen LogP contribution is -2.28. The lowest BCUT2D eigenvalue weighted by molar-refractivity contribution is 0.0948. The van der Waals surface area contributed by atoms with Crippen molar-refractivity contribution >= 4 is 5.91 Å². The molecule has 84 valence electrons. The highest BCUT2D eigenvalue weighted by Gasteiger charge is 2.07. The molecule has 0 heterocycles. The van der Waals surface area contributed by atoms with Crippen LogP contribution in [-0.4, -0.2) is 12.5 Å². The lowest BCUT2D eigenvalue weighted by Gasteiger charge is -2.10. The van der Waals surface area contributed by atoms with Crippen LogP contribution in [0.1, 0.15) is 36.2 Å². The second-order valence-corrected chi connectivity index (χ2v) is 3.92. The number of carbonyl (C=O) groups is 1. The van der Waals surface area contributed by atoms with E-state index in [4.69, 9.17) is 5.26 Å². The minimum atomic E-state index is -0.114. The van der Waals surface area contributed by atoms with E-state index in [1.165, 1.54) is 0 Å². The molecule has 0 aromatic heterocycles. The van der Waals surface area contributed by atoms with Gasteiger partial charge in [0.05, 0.1) is 11.6 Å². The topological polar surface area (TPSA) is 52.9 Å². The molecule has 0 fully saturated rings. The molecule has 1 aromatic carbocycles. The standard InChI is InChI=1S/C13H16N2O/c1-3-10(2)9-15-13(16)12-6-4-5-11(7-12)8-14/h4-7,10H,3,9H2,1-2H3,(H,15,16). The summed E-state index contributed by atoms with van der Waals surface area (Å²) < 4.78 is 0. The van der Waals surface area contributed by atoms with Crippen LogP contribution in [0, 0.1) is 17.2 Å². The van der Waals surface area contributed by atoms with Gasteiger partial charge >= 0.3 is 0 Å². The van der Waals surface area contributed by atoms with Gasteiger partial charge in [0.25, 0.3) is 5.91 Å². The molecular weight excluding hydrogens is 200 g/mol. The van der Waals surface area contributed by atoms with E-state index in [1.54, 1.807) is 24.3 Å². The van der Waals surface area contributed by atoms with E-state index >= 15 is 0 Å². The number of hydrogen-bond donors (Lipinski definition) is 1. The van der Waals surface area contributed by atoms with Gasteiger partial charge in [-0.05, 0) is 24.1 Å². The van der Waals surface area contributed by atoms with E-state index in [1.807, 2.05) is 6.07 Å². The molecule has 1 unspecified atom stereocenters. The third-order valence-corrected chi connectivity index (χ3v) is 2.56. The van der Waals surface area contributed by atoms with Crippen LogP contribution in [0.5, 0.6) is 0 Å². The number of nitriles is 1. The maximum atomic E-state index is 11.7. The van der Waals surface area contributed by atoms with Crippen molar-refractivity contribution in [3.05, 3.63) is 35.4 Å². The summed E-state index contributed by atoms with van der Waals surface area (Å²) in [4.78, 5) is 11.7. The first-order valence-corrected chi connectivity index (χ1v) is 5.45. The van der Waals surface area contributed by atoms with Crippen molar-refractivity contribution in [1.82, 2.24) is 5.32 Å². The molecule has 0 aliphatic heterocycles. The Morgan fingerprint density at radius 2 is 2.31 bits per heavy atom. The second kappa shape index (κ2) is 5.92. The van der Waals surface area contributed by atoms with Crippen molar-refractivity contribution < 1.29 is 4.79 Å². The monoisotopic (exact) mass is 216 g/mol. The van der Waals surface area contributed by atoms with Crippen LogP contribution in [0.3, 0.4) is 0 Å². The molecule has 0 aliphatic rings. The van der Waals surface area contributed by atoms with Crippen LogP contribution in [-0.2, 0) is 0 Å². The third-order valence-electron chi connectivity index (χ3n) is 2.56. The number of benzene rings is 1. The molecule has 1 atom stereocenters. The quantitative estimate of drug-likeness (QED) is 0.839. The first-order chi connectivity index (χ1) is 7.67. The SMILES string of the molecule is CCC(C)CNC(=O)c1cccc(C#N)c1. The van der Waals surface area contributed by atoms with Crippen LogP contribution < -0.4 is 5.32 Å². The van der Waals surface area contributed by atoms with Gasteiger partial charge in [0.15, 0.2) is 0 Å². The van der Waals surface area contributed by atoms with Gasteiger partial charge in [-0.15, -0.1) is 0 Å². The molecule has 0 radical (unpaired) electrons. The Bertz CT molecular complexity index is 407. The fourth-order valence-electron chi connectivity index (χ4n) is 1.24. The molecule has 1 N–H and O–H groups in total. The first kappa shape index (κ1) is 12.3.